The summed E-state index contributed by atoms with van der Waals surface area (Å²) in [7, 11) is 0. The Kier molecular flexibility index (Phi) is 4.60. The van der Waals surface area contributed by atoms with Gasteiger partial charge in [0.1, 0.15) is 0 Å². The molecule has 8 heavy (non-hydrogen) atoms. The van der Waals surface area contributed by atoms with Crippen LogP contribution in [0.3, 0.4) is 0 Å². The van der Waals surface area contributed by atoms with Crippen LogP contribution in [0.2, 0.25) is 0 Å². The van der Waals surface area contributed by atoms with Crippen molar-refractivity contribution in [1.29, 1.82) is 0 Å². The maximum Gasteiger partial charge on any atom is 0 e. The average molecular weight is 319 g/mol. The number of benzene rings is 1. The van der Waals surface area contributed by atoms with Gasteiger partial charge in [0.2, 0.25) is 0 Å². The molecule has 0 amide bonds. The van der Waals surface area contributed by atoms with Gasteiger partial charge in [-0.2, -0.15) is 0 Å². The molecule has 1 aromatic rings. The minimum absolute atomic E-state index is 0. The average Bonchev–Trinajstić information content (AvgIpc) is 1.69. The number of nitrogens with one attached hydrogen (secondary N) is 1. The molecule has 0 atom stereocenters. The van der Waals surface area contributed by atoms with Crippen molar-refractivity contribution in [2.45, 2.75) is 0 Å². The molecule has 1 nitrogen and oxygen atoms in total. The quantitative estimate of drug-likeness (QED) is 0.701. The summed E-state index contributed by atoms with van der Waals surface area (Å²) in [4.78, 5) is 0. The number of hydrogen-bond donors (Lipinski definition) is 0. The predicted octanol–water partition coefficient (Wildman–Crippen LogP) is 2.37. The molecule has 0 heterocycles. The minimum atomic E-state index is 0. The second kappa shape index (κ2) is 4.35. The van der Waals surface area contributed by atoms with Crippen LogP contribution in [0.25, 0.3) is 5.73 Å². The fourth-order valence-corrected chi connectivity index (χ4v) is 0.438. The molecule has 2 heteroatoms. The molecular weight excluding hydrogens is 313 g/mol. The van der Waals surface area contributed by atoms with E-state index in [-0.39, 0.29) is 44.1 Å². The fraction of sp³-hybridized carbons (Fsp3) is 0. The fourth-order valence-electron chi connectivity index (χ4n) is 0.438. The molecule has 1 N–H and O–H groups in total. The SMILES string of the molecule is [Ac].[NH-]c1ccccc1. The van der Waals surface area contributed by atoms with E-state index in [1.165, 1.54) is 0 Å². The molecule has 1 radical (unpaired) electrons. The molecule has 1 rings (SSSR count). The van der Waals surface area contributed by atoms with E-state index in [2.05, 4.69) is 0 Å². The summed E-state index contributed by atoms with van der Waals surface area (Å²) >= 11 is 0. The van der Waals surface area contributed by atoms with Crippen molar-refractivity contribution < 1.29 is 44.1 Å². The van der Waals surface area contributed by atoms with Gasteiger partial charge in [-0.1, -0.05) is 30.3 Å². The third kappa shape index (κ3) is 2.69. The third-order valence-corrected chi connectivity index (χ3v) is 0.774. The molecule has 0 bridgehead atoms. The standard InChI is InChI=1S/C6H6N.Ac/c7-6-4-2-1-3-5-6;/h1-5,7H;/q-1;. The largest absolute Gasteiger partial charge is 0.699 e. The zero-order valence-corrected chi connectivity index (χ0v) is 9.21. The van der Waals surface area contributed by atoms with Gasteiger partial charge in [0.15, 0.2) is 0 Å². The Morgan fingerprint density at radius 1 is 1.00 bits per heavy atom. The van der Waals surface area contributed by atoms with Gasteiger partial charge in [-0.15, -0.1) is 5.69 Å². The summed E-state index contributed by atoms with van der Waals surface area (Å²) in [6.45, 7) is 0. The van der Waals surface area contributed by atoms with Crippen LogP contribution in [0.15, 0.2) is 30.3 Å². The first-order valence-corrected chi connectivity index (χ1v) is 2.16. The molecular formula is C6H6AcN-. The van der Waals surface area contributed by atoms with Crippen LogP contribution < -0.4 is 0 Å². The predicted molar refractivity (Wildman–Crippen MR) is 30.4 cm³/mol. The van der Waals surface area contributed by atoms with Gasteiger partial charge in [-0.05, 0) is 0 Å². The van der Waals surface area contributed by atoms with Gasteiger partial charge in [0.25, 0.3) is 0 Å². The van der Waals surface area contributed by atoms with Gasteiger partial charge >= 0.3 is 0 Å². The summed E-state index contributed by atoms with van der Waals surface area (Å²) in [5, 5.41) is 0. The number of hydrogen-bond acceptors (Lipinski definition) is 0. The van der Waals surface area contributed by atoms with Crippen LogP contribution in [-0.4, -0.2) is 0 Å². The van der Waals surface area contributed by atoms with Crippen molar-refractivity contribution in [2.24, 2.45) is 0 Å². The molecule has 1 aromatic carbocycles. The van der Waals surface area contributed by atoms with Gasteiger partial charge in [-0.3, -0.25) is 0 Å². The monoisotopic (exact) mass is 319 g/mol. The molecule has 0 unspecified atom stereocenters. The molecule has 0 saturated heterocycles. The van der Waals surface area contributed by atoms with E-state index in [9.17, 15) is 0 Å². The van der Waals surface area contributed by atoms with Crippen molar-refractivity contribution in [2.75, 3.05) is 0 Å². The maximum absolute atomic E-state index is 7.00. The van der Waals surface area contributed by atoms with E-state index in [0.717, 1.165) is 0 Å². The second-order valence-electron chi connectivity index (χ2n) is 1.37. The Hall–Kier alpha value is 0.462. The van der Waals surface area contributed by atoms with Gasteiger partial charge in [0, 0.05) is 44.1 Å². The van der Waals surface area contributed by atoms with E-state index in [1.54, 1.807) is 12.1 Å². The van der Waals surface area contributed by atoms with Crippen LogP contribution >= 0.6 is 0 Å². The summed E-state index contributed by atoms with van der Waals surface area (Å²) in [5.74, 6) is 0. The Morgan fingerprint density at radius 3 is 1.75 bits per heavy atom. The van der Waals surface area contributed by atoms with Crippen LogP contribution in [0.4, 0.5) is 5.69 Å². The topological polar surface area (TPSA) is 23.8 Å². The summed E-state index contributed by atoms with van der Waals surface area (Å²) in [5.41, 5.74) is 7.57. The van der Waals surface area contributed by atoms with Crippen LogP contribution in [0.5, 0.6) is 0 Å². The first-order valence-electron chi connectivity index (χ1n) is 2.16. The summed E-state index contributed by atoms with van der Waals surface area (Å²) < 4.78 is 0. The molecule has 0 saturated carbocycles. The maximum atomic E-state index is 7.00. The van der Waals surface area contributed by atoms with Crippen molar-refractivity contribution >= 4 is 5.69 Å². The molecule has 0 spiro atoms. The van der Waals surface area contributed by atoms with E-state index in [0.29, 0.717) is 5.69 Å². The smallest absolute Gasteiger partial charge is 0 e. The van der Waals surface area contributed by atoms with Crippen molar-refractivity contribution in [3.8, 4) is 0 Å². The first-order chi connectivity index (χ1) is 3.39. The Morgan fingerprint density at radius 2 is 1.50 bits per heavy atom. The normalized spacial score (nSPS) is 7.50. The van der Waals surface area contributed by atoms with E-state index in [4.69, 9.17) is 5.73 Å². The number of rotatable bonds is 0. The minimum Gasteiger partial charge on any atom is -0.699 e. The summed E-state index contributed by atoms with van der Waals surface area (Å²) in [6, 6.07) is 9.10. The summed E-state index contributed by atoms with van der Waals surface area (Å²) in [6.07, 6.45) is 0. The molecule has 0 aliphatic rings. The van der Waals surface area contributed by atoms with E-state index in [1.807, 2.05) is 18.2 Å². The van der Waals surface area contributed by atoms with Crippen molar-refractivity contribution in [3.05, 3.63) is 36.1 Å². The Labute approximate surface area is 84.8 Å². The van der Waals surface area contributed by atoms with Gasteiger partial charge < -0.3 is 5.73 Å². The van der Waals surface area contributed by atoms with Crippen molar-refractivity contribution in [3.63, 3.8) is 0 Å². The van der Waals surface area contributed by atoms with Crippen molar-refractivity contribution in [1.82, 2.24) is 0 Å². The molecule has 0 fully saturated rings. The zero-order chi connectivity index (χ0) is 5.11. The van der Waals surface area contributed by atoms with E-state index >= 15 is 0 Å². The molecule has 0 aliphatic carbocycles. The molecule has 0 aliphatic heterocycles. The third-order valence-electron chi connectivity index (χ3n) is 0.774. The Bertz CT molecular complexity index is 138. The van der Waals surface area contributed by atoms with Crippen LogP contribution in [-0.2, 0) is 0 Å². The Balaban J connectivity index is 0.000000490. The zero-order valence-electron chi connectivity index (χ0n) is 4.46. The van der Waals surface area contributed by atoms with Crippen LogP contribution in [0.1, 0.15) is 0 Å². The van der Waals surface area contributed by atoms with Gasteiger partial charge in [0.05, 0.1) is 0 Å². The second-order valence-corrected chi connectivity index (χ2v) is 1.37. The first kappa shape index (κ1) is 8.46. The molecule has 0 aromatic heterocycles. The van der Waals surface area contributed by atoms with Crippen LogP contribution in [0, 0.1) is 44.1 Å². The van der Waals surface area contributed by atoms with Gasteiger partial charge in [-0.25, -0.2) is 0 Å². The van der Waals surface area contributed by atoms with E-state index < -0.39 is 0 Å². The molecule has 39 valence electrons.